The molecule has 1 aliphatic heterocycles. The lowest BCUT2D eigenvalue weighted by Gasteiger charge is -2.36. The van der Waals surface area contributed by atoms with Crippen molar-refractivity contribution in [2.45, 2.75) is 33.4 Å². The minimum absolute atomic E-state index is 0.139. The Kier molecular flexibility index (Phi) is 6.39. The van der Waals surface area contributed by atoms with Gasteiger partial charge in [0, 0.05) is 49.7 Å². The fourth-order valence-electron chi connectivity index (χ4n) is 4.83. The minimum atomic E-state index is -4.36. The summed E-state index contributed by atoms with van der Waals surface area (Å²) < 4.78 is 40.3. The molecule has 2 aromatic carbocycles. The van der Waals surface area contributed by atoms with Gasteiger partial charge in [-0.1, -0.05) is 29.8 Å². The number of aromatic nitrogens is 3. The highest BCUT2D eigenvalue weighted by Crippen LogP contribution is 2.31. The first-order valence-corrected chi connectivity index (χ1v) is 12.2. The highest BCUT2D eigenvalue weighted by molar-refractivity contribution is 5.99. The summed E-state index contributed by atoms with van der Waals surface area (Å²) in [6.45, 7) is 7.99. The molecule has 1 fully saturated rings. The number of amides is 1. The number of aryl methyl sites for hydroxylation is 3. The summed E-state index contributed by atoms with van der Waals surface area (Å²) in [5.41, 5.74) is 6.34. The summed E-state index contributed by atoms with van der Waals surface area (Å²) in [6.07, 6.45) is -2.05. The number of halogens is 3. The number of hydrogen-bond acceptors (Lipinski definition) is 4. The molecule has 0 unspecified atom stereocenters. The summed E-state index contributed by atoms with van der Waals surface area (Å²) >= 11 is 0. The van der Waals surface area contributed by atoms with E-state index in [1.807, 2.05) is 18.7 Å². The summed E-state index contributed by atoms with van der Waals surface area (Å²) in [6, 6.07) is 13.6. The van der Waals surface area contributed by atoms with Gasteiger partial charge < -0.3 is 9.80 Å². The predicted octanol–water partition coefficient (Wildman–Crippen LogP) is 5.23. The molecule has 0 N–H and O–H groups in total. The van der Waals surface area contributed by atoms with E-state index in [1.54, 1.807) is 15.6 Å². The van der Waals surface area contributed by atoms with Gasteiger partial charge in [0.2, 0.25) is 0 Å². The maximum absolute atomic E-state index is 13.4. The zero-order chi connectivity index (χ0) is 26.3. The third-order valence-corrected chi connectivity index (χ3v) is 7.07. The molecule has 192 valence electrons. The van der Waals surface area contributed by atoms with Crippen molar-refractivity contribution in [3.05, 3.63) is 93.9 Å². The number of carbonyl (C=O) groups excluding carboxylic acids is 1. The Hall–Kier alpha value is -3.88. The van der Waals surface area contributed by atoms with Crippen LogP contribution in [0.25, 0.3) is 5.65 Å². The van der Waals surface area contributed by atoms with Gasteiger partial charge in [-0.25, -0.2) is 9.50 Å². The topological polar surface area (TPSA) is 53.7 Å². The molecule has 0 atom stereocenters. The van der Waals surface area contributed by atoms with Crippen molar-refractivity contribution in [1.29, 1.82) is 0 Å². The first-order valence-electron chi connectivity index (χ1n) is 12.2. The molecule has 3 heterocycles. The molecular formula is C28H28F3N5O. The lowest BCUT2D eigenvalue weighted by molar-refractivity contribution is -0.137. The van der Waals surface area contributed by atoms with Gasteiger partial charge in [0.25, 0.3) is 5.91 Å². The SMILES string of the molecule is Cc1ccc(Cc2c(C)nc3c(C(=O)N4CCN(c5ccc(C(F)(F)F)cc5)CC4)cnn3c2C)cc1. The standard InChI is InChI=1S/C28H28F3N5O/c1-18-4-6-21(7-5-18)16-24-19(2)33-26-25(17-32-36(26)20(24)3)27(37)35-14-12-34(13-15-35)23-10-8-22(9-11-23)28(29,30)31/h4-11,17H,12-16H2,1-3H3. The van der Waals surface area contributed by atoms with E-state index >= 15 is 0 Å². The number of hydrogen-bond donors (Lipinski definition) is 0. The molecule has 0 saturated carbocycles. The summed E-state index contributed by atoms with van der Waals surface area (Å²) in [5.74, 6) is -0.139. The quantitative estimate of drug-likeness (QED) is 0.380. The van der Waals surface area contributed by atoms with Crippen molar-refractivity contribution in [3.8, 4) is 0 Å². The molecule has 1 amide bonds. The molecule has 2 aromatic heterocycles. The summed E-state index contributed by atoms with van der Waals surface area (Å²) in [7, 11) is 0. The lowest BCUT2D eigenvalue weighted by Crippen LogP contribution is -2.48. The summed E-state index contributed by atoms with van der Waals surface area (Å²) in [4.78, 5) is 21.9. The molecule has 1 saturated heterocycles. The number of rotatable bonds is 4. The van der Waals surface area contributed by atoms with E-state index < -0.39 is 11.7 Å². The number of benzene rings is 2. The average molecular weight is 508 g/mol. The second-order valence-electron chi connectivity index (χ2n) is 9.54. The molecule has 0 spiro atoms. The van der Waals surface area contributed by atoms with Gasteiger partial charge in [0.1, 0.15) is 5.56 Å². The summed E-state index contributed by atoms with van der Waals surface area (Å²) in [5, 5.41) is 4.49. The minimum Gasteiger partial charge on any atom is -0.368 e. The Morgan fingerprint density at radius 3 is 2.19 bits per heavy atom. The van der Waals surface area contributed by atoms with Crippen LogP contribution in [0.15, 0.2) is 54.7 Å². The maximum Gasteiger partial charge on any atom is 0.416 e. The molecule has 0 aliphatic carbocycles. The van der Waals surface area contributed by atoms with Gasteiger partial charge in [-0.2, -0.15) is 18.3 Å². The molecular weight excluding hydrogens is 479 g/mol. The van der Waals surface area contributed by atoms with E-state index in [2.05, 4.69) is 36.3 Å². The number of piperazine rings is 1. The van der Waals surface area contributed by atoms with E-state index in [-0.39, 0.29) is 5.91 Å². The van der Waals surface area contributed by atoms with Crippen LogP contribution in [0.2, 0.25) is 0 Å². The van der Waals surface area contributed by atoms with Gasteiger partial charge in [-0.3, -0.25) is 4.79 Å². The van der Waals surface area contributed by atoms with Crippen LogP contribution in [0.5, 0.6) is 0 Å². The molecule has 0 bridgehead atoms. The second-order valence-corrected chi connectivity index (χ2v) is 9.54. The number of nitrogens with zero attached hydrogens (tertiary/aromatic N) is 5. The van der Waals surface area contributed by atoms with Crippen molar-refractivity contribution >= 4 is 17.2 Å². The highest BCUT2D eigenvalue weighted by atomic mass is 19.4. The Bertz CT molecular complexity index is 1430. The van der Waals surface area contributed by atoms with Crippen LogP contribution in [0.3, 0.4) is 0 Å². The van der Waals surface area contributed by atoms with Crippen LogP contribution < -0.4 is 4.90 Å². The molecule has 9 heteroatoms. The Morgan fingerprint density at radius 1 is 0.919 bits per heavy atom. The highest BCUT2D eigenvalue weighted by Gasteiger charge is 2.31. The van der Waals surface area contributed by atoms with Crippen molar-refractivity contribution in [2.75, 3.05) is 31.1 Å². The monoisotopic (exact) mass is 507 g/mol. The van der Waals surface area contributed by atoms with Gasteiger partial charge >= 0.3 is 6.18 Å². The van der Waals surface area contributed by atoms with Crippen LogP contribution in [0.4, 0.5) is 18.9 Å². The van der Waals surface area contributed by atoms with Gasteiger partial charge in [-0.05, 0) is 56.2 Å². The van der Waals surface area contributed by atoms with Crippen LogP contribution in [0, 0.1) is 20.8 Å². The fourth-order valence-corrected chi connectivity index (χ4v) is 4.83. The maximum atomic E-state index is 13.4. The molecule has 0 radical (unpaired) electrons. The zero-order valence-corrected chi connectivity index (χ0v) is 21.0. The lowest BCUT2D eigenvalue weighted by atomic mass is 10.0. The number of fused-ring (bicyclic) bond motifs is 1. The number of alkyl halides is 3. The van der Waals surface area contributed by atoms with E-state index in [4.69, 9.17) is 4.98 Å². The van der Waals surface area contributed by atoms with E-state index in [1.165, 1.54) is 23.3 Å². The molecule has 6 nitrogen and oxygen atoms in total. The first-order chi connectivity index (χ1) is 17.6. The van der Waals surface area contributed by atoms with Gasteiger partial charge in [0.15, 0.2) is 5.65 Å². The van der Waals surface area contributed by atoms with E-state index in [0.717, 1.165) is 35.5 Å². The Morgan fingerprint density at radius 2 is 1.57 bits per heavy atom. The third kappa shape index (κ3) is 4.90. The smallest absolute Gasteiger partial charge is 0.368 e. The molecule has 1 aliphatic rings. The third-order valence-electron chi connectivity index (χ3n) is 7.07. The normalized spacial score (nSPS) is 14.4. The molecule has 5 rings (SSSR count). The Balaban J connectivity index is 1.31. The van der Waals surface area contributed by atoms with Crippen LogP contribution in [0.1, 0.15) is 44.0 Å². The van der Waals surface area contributed by atoms with Crippen LogP contribution in [-0.4, -0.2) is 51.6 Å². The predicted molar refractivity (Wildman–Crippen MR) is 136 cm³/mol. The fraction of sp³-hybridized carbons (Fsp3) is 0.321. The van der Waals surface area contributed by atoms with Crippen molar-refractivity contribution in [1.82, 2.24) is 19.5 Å². The van der Waals surface area contributed by atoms with Gasteiger partial charge in [0.05, 0.1) is 11.8 Å². The largest absolute Gasteiger partial charge is 0.416 e. The number of anilines is 1. The number of carbonyl (C=O) groups is 1. The van der Waals surface area contributed by atoms with Crippen molar-refractivity contribution in [2.24, 2.45) is 0 Å². The van der Waals surface area contributed by atoms with Crippen molar-refractivity contribution < 1.29 is 18.0 Å². The van der Waals surface area contributed by atoms with Crippen LogP contribution in [-0.2, 0) is 12.6 Å². The molecule has 4 aromatic rings. The average Bonchev–Trinajstić information content (AvgIpc) is 3.31. The zero-order valence-electron chi connectivity index (χ0n) is 21.0. The van der Waals surface area contributed by atoms with Gasteiger partial charge in [-0.15, -0.1) is 0 Å². The van der Waals surface area contributed by atoms with E-state index in [0.29, 0.717) is 43.1 Å². The second kappa shape index (κ2) is 9.53. The van der Waals surface area contributed by atoms with Crippen LogP contribution >= 0.6 is 0 Å². The molecule has 37 heavy (non-hydrogen) atoms. The first kappa shape index (κ1) is 24.8. The van der Waals surface area contributed by atoms with E-state index in [9.17, 15) is 18.0 Å². The van der Waals surface area contributed by atoms with Crippen molar-refractivity contribution in [3.63, 3.8) is 0 Å². The Labute approximate surface area is 213 Å².